The SMILES string of the molecule is Cc1c(S(=O)(=O)N[C@H](C)C(F)(F)F)cc(C(=O)Nc2ccc(F)c(F)c2)n1C. The smallest absolute Gasteiger partial charge is 0.343 e. The Morgan fingerprint density at radius 2 is 1.75 bits per heavy atom. The topological polar surface area (TPSA) is 80.2 Å². The van der Waals surface area contributed by atoms with Crippen LogP contribution in [-0.4, -0.2) is 31.1 Å². The average molecular weight is 425 g/mol. The number of anilines is 1. The molecule has 0 fully saturated rings. The Morgan fingerprint density at radius 3 is 2.29 bits per heavy atom. The highest BCUT2D eigenvalue weighted by Crippen LogP contribution is 2.25. The van der Waals surface area contributed by atoms with Gasteiger partial charge in [0.2, 0.25) is 10.0 Å². The molecule has 0 aliphatic rings. The molecule has 0 saturated heterocycles. The van der Waals surface area contributed by atoms with Crippen molar-refractivity contribution in [2.45, 2.75) is 31.0 Å². The van der Waals surface area contributed by atoms with Crippen molar-refractivity contribution < 1.29 is 35.2 Å². The minimum absolute atomic E-state index is 0.0114. The Balaban J connectivity index is 2.33. The zero-order valence-electron chi connectivity index (χ0n) is 14.9. The molecule has 1 heterocycles. The van der Waals surface area contributed by atoms with Gasteiger partial charge in [-0.25, -0.2) is 17.2 Å². The van der Waals surface area contributed by atoms with Gasteiger partial charge < -0.3 is 9.88 Å². The van der Waals surface area contributed by atoms with Crippen LogP contribution in [-0.2, 0) is 17.1 Å². The van der Waals surface area contributed by atoms with Crippen molar-refractivity contribution >= 4 is 21.6 Å². The number of nitrogens with one attached hydrogen (secondary N) is 2. The van der Waals surface area contributed by atoms with Crippen molar-refractivity contribution in [2.75, 3.05) is 5.32 Å². The fourth-order valence-corrected chi connectivity index (χ4v) is 3.81. The van der Waals surface area contributed by atoms with Crippen LogP contribution in [0.2, 0.25) is 0 Å². The number of hydrogen-bond donors (Lipinski definition) is 2. The molecule has 0 saturated carbocycles. The highest BCUT2D eigenvalue weighted by molar-refractivity contribution is 7.89. The molecule has 2 N–H and O–H groups in total. The lowest BCUT2D eigenvalue weighted by Gasteiger charge is -2.17. The summed E-state index contributed by atoms with van der Waals surface area (Å²) in [6, 6.07) is 1.18. The van der Waals surface area contributed by atoms with E-state index in [2.05, 4.69) is 5.32 Å². The number of benzene rings is 1. The summed E-state index contributed by atoms with van der Waals surface area (Å²) in [5.41, 5.74) is -0.282. The first-order valence-electron chi connectivity index (χ1n) is 7.76. The molecule has 0 spiro atoms. The summed E-state index contributed by atoms with van der Waals surface area (Å²) in [7, 11) is -3.24. The van der Waals surface area contributed by atoms with Crippen molar-refractivity contribution in [3.8, 4) is 0 Å². The van der Waals surface area contributed by atoms with E-state index in [1.165, 1.54) is 18.7 Å². The molecule has 6 nitrogen and oxygen atoms in total. The fourth-order valence-electron chi connectivity index (χ4n) is 2.29. The van der Waals surface area contributed by atoms with Crippen LogP contribution in [0.25, 0.3) is 0 Å². The molecule has 1 amide bonds. The molecular formula is C16H16F5N3O3S. The summed E-state index contributed by atoms with van der Waals surface area (Å²) in [4.78, 5) is 11.8. The third-order valence-corrected chi connectivity index (χ3v) is 5.67. The first-order chi connectivity index (χ1) is 12.7. The van der Waals surface area contributed by atoms with Gasteiger partial charge in [-0.3, -0.25) is 4.79 Å². The molecule has 154 valence electrons. The zero-order valence-corrected chi connectivity index (χ0v) is 15.7. The summed E-state index contributed by atoms with van der Waals surface area (Å²) in [6.45, 7) is 1.95. The van der Waals surface area contributed by atoms with Crippen LogP contribution < -0.4 is 10.0 Å². The van der Waals surface area contributed by atoms with Crippen LogP contribution in [0.3, 0.4) is 0 Å². The van der Waals surface area contributed by atoms with Crippen molar-refractivity contribution in [3.05, 3.63) is 47.3 Å². The minimum Gasteiger partial charge on any atom is -0.343 e. The molecule has 2 rings (SSSR count). The van der Waals surface area contributed by atoms with Gasteiger partial charge in [0.1, 0.15) is 16.6 Å². The van der Waals surface area contributed by atoms with Crippen LogP contribution in [0.1, 0.15) is 23.1 Å². The van der Waals surface area contributed by atoms with Gasteiger partial charge in [0, 0.05) is 24.5 Å². The van der Waals surface area contributed by atoms with Gasteiger partial charge in [-0.05, 0) is 32.0 Å². The fraction of sp³-hybridized carbons (Fsp3) is 0.312. The summed E-state index contributed by atoms with van der Waals surface area (Å²) >= 11 is 0. The first kappa shape index (κ1) is 21.8. The number of halogens is 5. The Bertz CT molecular complexity index is 1020. The molecule has 0 bridgehead atoms. The number of carbonyl (C=O) groups excluding carboxylic acids is 1. The number of rotatable bonds is 5. The van der Waals surface area contributed by atoms with Gasteiger partial charge in [0.05, 0.1) is 0 Å². The Morgan fingerprint density at radius 1 is 1.14 bits per heavy atom. The molecule has 0 radical (unpaired) electrons. The second-order valence-electron chi connectivity index (χ2n) is 6.01. The summed E-state index contributed by atoms with van der Waals surface area (Å²) in [5, 5.41) is 2.26. The van der Waals surface area contributed by atoms with E-state index in [0.29, 0.717) is 6.92 Å². The van der Waals surface area contributed by atoms with Gasteiger partial charge in [-0.15, -0.1) is 0 Å². The monoisotopic (exact) mass is 425 g/mol. The molecule has 0 aliphatic carbocycles. The predicted molar refractivity (Wildman–Crippen MR) is 90.3 cm³/mol. The second kappa shape index (κ2) is 7.51. The van der Waals surface area contributed by atoms with E-state index in [1.807, 2.05) is 0 Å². The molecule has 0 unspecified atom stereocenters. The van der Waals surface area contributed by atoms with Gasteiger partial charge in [0.25, 0.3) is 5.91 Å². The summed E-state index contributed by atoms with van der Waals surface area (Å²) in [6.07, 6.45) is -4.79. The van der Waals surface area contributed by atoms with Gasteiger partial charge in [0.15, 0.2) is 11.6 Å². The molecule has 12 heteroatoms. The van der Waals surface area contributed by atoms with Crippen molar-refractivity contribution in [1.82, 2.24) is 9.29 Å². The standard InChI is InChI=1S/C16H16F5N3O3S/c1-8-14(28(26,27)23-9(2)16(19,20)21)7-13(24(8)3)15(25)22-10-4-5-11(17)12(18)6-10/h4-7,9,23H,1-3H3,(H,22,25)/t9-/m1/s1. The molecular weight excluding hydrogens is 409 g/mol. The molecule has 1 atom stereocenters. The third-order valence-electron chi connectivity index (χ3n) is 4.01. The highest BCUT2D eigenvalue weighted by atomic mass is 32.2. The van der Waals surface area contributed by atoms with Crippen LogP contribution in [0.15, 0.2) is 29.2 Å². The highest BCUT2D eigenvalue weighted by Gasteiger charge is 2.39. The minimum atomic E-state index is -4.79. The predicted octanol–water partition coefficient (Wildman–Crippen LogP) is 3.09. The van der Waals surface area contributed by atoms with Gasteiger partial charge in [-0.1, -0.05) is 0 Å². The van der Waals surface area contributed by atoms with E-state index in [4.69, 9.17) is 0 Å². The Hall–Kier alpha value is -2.47. The second-order valence-corrected chi connectivity index (χ2v) is 7.69. The van der Waals surface area contributed by atoms with E-state index in [9.17, 15) is 35.2 Å². The zero-order chi connectivity index (χ0) is 21.4. The average Bonchev–Trinajstić information content (AvgIpc) is 2.86. The molecule has 0 aliphatic heterocycles. The van der Waals surface area contributed by atoms with E-state index < -0.39 is 44.7 Å². The maximum atomic E-state index is 13.2. The van der Waals surface area contributed by atoms with Crippen molar-refractivity contribution in [2.24, 2.45) is 7.05 Å². The molecule has 1 aromatic carbocycles. The number of carbonyl (C=O) groups is 1. The number of aromatic nitrogens is 1. The van der Waals surface area contributed by atoms with Gasteiger partial charge >= 0.3 is 6.18 Å². The largest absolute Gasteiger partial charge is 0.404 e. The summed E-state index contributed by atoms with van der Waals surface area (Å²) < 4.78 is 91.4. The lowest BCUT2D eigenvalue weighted by molar-refractivity contribution is -0.147. The Labute approximate surface area is 157 Å². The lowest BCUT2D eigenvalue weighted by atomic mass is 10.3. The number of sulfonamides is 1. The van der Waals surface area contributed by atoms with Gasteiger partial charge in [-0.2, -0.15) is 17.9 Å². The van der Waals surface area contributed by atoms with Crippen LogP contribution in [0.4, 0.5) is 27.6 Å². The number of hydrogen-bond acceptors (Lipinski definition) is 3. The number of amides is 1. The summed E-state index contributed by atoms with van der Waals surface area (Å²) in [5.74, 6) is -3.18. The molecule has 28 heavy (non-hydrogen) atoms. The maximum absolute atomic E-state index is 13.2. The molecule has 2 aromatic rings. The van der Waals surface area contributed by atoms with E-state index in [0.717, 1.165) is 28.8 Å². The van der Waals surface area contributed by atoms with Crippen molar-refractivity contribution in [3.63, 3.8) is 0 Å². The number of nitrogens with zero attached hydrogens (tertiary/aromatic N) is 1. The third kappa shape index (κ3) is 4.50. The maximum Gasteiger partial charge on any atom is 0.404 e. The van der Waals surface area contributed by atoms with Crippen LogP contribution >= 0.6 is 0 Å². The van der Waals surface area contributed by atoms with E-state index in [-0.39, 0.29) is 17.1 Å². The first-order valence-corrected chi connectivity index (χ1v) is 9.24. The number of alkyl halides is 3. The van der Waals surface area contributed by atoms with E-state index >= 15 is 0 Å². The lowest BCUT2D eigenvalue weighted by Crippen LogP contribution is -2.43. The van der Waals surface area contributed by atoms with E-state index in [1.54, 1.807) is 0 Å². The Kier molecular flexibility index (Phi) is 5.85. The molecule has 1 aromatic heterocycles. The quantitative estimate of drug-likeness (QED) is 0.723. The van der Waals surface area contributed by atoms with Crippen molar-refractivity contribution in [1.29, 1.82) is 0 Å². The van der Waals surface area contributed by atoms with Crippen LogP contribution in [0, 0.1) is 18.6 Å². The normalized spacial score (nSPS) is 13.4. The van der Waals surface area contributed by atoms with Crippen LogP contribution in [0.5, 0.6) is 0 Å².